The molecule has 1 fully saturated rings. The van der Waals surface area contributed by atoms with Gasteiger partial charge in [-0.3, -0.25) is 14.0 Å². The van der Waals surface area contributed by atoms with E-state index in [4.69, 9.17) is 16.0 Å². The van der Waals surface area contributed by atoms with Crippen molar-refractivity contribution >= 4 is 17.1 Å². The van der Waals surface area contributed by atoms with Crippen LogP contribution in [0.5, 0.6) is 0 Å². The van der Waals surface area contributed by atoms with Gasteiger partial charge in [0.15, 0.2) is 0 Å². The number of benzene rings is 1. The van der Waals surface area contributed by atoms with Crippen LogP contribution in [0.15, 0.2) is 73.7 Å². The normalized spacial score (nSPS) is 18.4. The average molecular weight is 425 g/mol. The lowest BCUT2D eigenvalue weighted by Crippen LogP contribution is -2.32. The SMILES string of the molecule is O=c1c2cccc(=O)n2ccn1Cc1nn([C@H]2C[C@H](c3ccc(Cl)cc3)C2)c(=O)o1. The van der Waals surface area contributed by atoms with Gasteiger partial charge in [-0.25, -0.2) is 4.79 Å². The molecule has 0 N–H and O–H groups in total. The zero-order valence-corrected chi connectivity index (χ0v) is 16.5. The van der Waals surface area contributed by atoms with Crippen molar-refractivity contribution in [2.24, 2.45) is 0 Å². The highest BCUT2D eigenvalue weighted by Crippen LogP contribution is 2.43. The highest BCUT2D eigenvalue weighted by atomic mass is 35.5. The first kappa shape index (κ1) is 18.6. The molecule has 0 spiro atoms. The van der Waals surface area contributed by atoms with Gasteiger partial charge in [0, 0.05) is 23.5 Å². The van der Waals surface area contributed by atoms with Crippen molar-refractivity contribution in [2.45, 2.75) is 31.3 Å². The molecule has 152 valence electrons. The maximum Gasteiger partial charge on any atom is 0.437 e. The fourth-order valence-electron chi connectivity index (χ4n) is 3.88. The van der Waals surface area contributed by atoms with Crippen molar-refractivity contribution in [3.8, 4) is 0 Å². The maximum atomic E-state index is 12.6. The second-order valence-electron chi connectivity index (χ2n) is 7.43. The number of hydrogen-bond acceptors (Lipinski definition) is 5. The molecule has 4 aromatic rings. The molecular formula is C21H17ClN4O4. The van der Waals surface area contributed by atoms with E-state index >= 15 is 0 Å². The van der Waals surface area contributed by atoms with E-state index < -0.39 is 5.76 Å². The van der Waals surface area contributed by atoms with Gasteiger partial charge >= 0.3 is 5.76 Å². The third kappa shape index (κ3) is 3.19. The van der Waals surface area contributed by atoms with Crippen molar-refractivity contribution in [3.63, 3.8) is 0 Å². The summed E-state index contributed by atoms with van der Waals surface area (Å²) in [6.07, 6.45) is 4.56. The number of hydrogen-bond donors (Lipinski definition) is 0. The number of fused-ring (bicyclic) bond motifs is 1. The predicted molar refractivity (Wildman–Crippen MR) is 110 cm³/mol. The van der Waals surface area contributed by atoms with Gasteiger partial charge in [0.1, 0.15) is 12.1 Å². The molecule has 0 aliphatic heterocycles. The fraction of sp³-hybridized carbons (Fsp3) is 0.238. The molecule has 0 atom stereocenters. The lowest BCUT2D eigenvalue weighted by atomic mass is 9.76. The summed E-state index contributed by atoms with van der Waals surface area (Å²) in [5.41, 5.74) is 0.786. The molecule has 30 heavy (non-hydrogen) atoms. The van der Waals surface area contributed by atoms with E-state index in [-0.39, 0.29) is 35.1 Å². The summed E-state index contributed by atoms with van der Waals surface area (Å²) >= 11 is 5.93. The molecule has 3 heterocycles. The van der Waals surface area contributed by atoms with Gasteiger partial charge in [0.25, 0.3) is 11.1 Å². The van der Waals surface area contributed by atoms with E-state index in [1.54, 1.807) is 6.07 Å². The predicted octanol–water partition coefficient (Wildman–Crippen LogP) is 2.43. The number of aromatic nitrogens is 4. The van der Waals surface area contributed by atoms with E-state index in [9.17, 15) is 14.4 Å². The van der Waals surface area contributed by atoms with Gasteiger partial charge in [-0.15, -0.1) is 5.10 Å². The number of pyridine rings is 1. The Kier molecular flexibility index (Phi) is 4.43. The Morgan fingerprint density at radius 3 is 2.57 bits per heavy atom. The Hall–Kier alpha value is -3.39. The van der Waals surface area contributed by atoms with Crippen molar-refractivity contribution in [2.75, 3.05) is 0 Å². The van der Waals surface area contributed by atoms with Gasteiger partial charge in [0.2, 0.25) is 5.89 Å². The third-order valence-electron chi connectivity index (χ3n) is 5.58. The molecule has 1 aliphatic rings. The van der Waals surface area contributed by atoms with Gasteiger partial charge in [-0.1, -0.05) is 29.8 Å². The summed E-state index contributed by atoms with van der Waals surface area (Å²) in [4.78, 5) is 36.8. The van der Waals surface area contributed by atoms with Crippen molar-refractivity contribution in [3.05, 3.63) is 103 Å². The van der Waals surface area contributed by atoms with Crippen LogP contribution in [0.3, 0.4) is 0 Å². The largest absolute Gasteiger partial charge is 0.437 e. The molecular weight excluding hydrogens is 408 g/mol. The molecule has 8 nitrogen and oxygen atoms in total. The minimum Gasteiger partial charge on any atom is -0.390 e. The summed E-state index contributed by atoms with van der Waals surface area (Å²) in [5, 5.41) is 4.99. The summed E-state index contributed by atoms with van der Waals surface area (Å²) in [7, 11) is 0. The van der Waals surface area contributed by atoms with E-state index in [1.165, 1.54) is 43.7 Å². The molecule has 3 aromatic heterocycles. The van der Waals surface area contributed by atoms with Crippen LogP contribution in [0.2, 0.25) is 5.02 Å². The van der Waals surface area contributed by atoms with E-state index in [1.807, 2.05) is 24.3 Å². The summed E-state index contributed by atoms with van der Waals surface area (Å²) < 4.78 is 9.27. The second-order valence-corrected chi connectivity index (χ2v) is 7.87. The number of nitrogens with zero attached hydrogens (tertiary/aromatic N) is 4. The summed E-state index contributed by atoms with van der Waals surface area (Å²) in [6.45, 7) is 0.00793. The zero-order valence-electron chi connectivity index (χ0n) is 15.8. The monoisotopic (exact) mass is 424 g/mol. The number of rotatable bonds is 4. The lowest BCUT2D eigenvalue weighted by molar-refractivity contribution is 0.233. The molecule has 0 bridgehead atoms. The van der Waals surface area contributed by atoms with Gasteiger partial charge < -0.3 is 8.98 Å². The molecule has 5 rings (SSSR count). The van der Waals surface area contributed by atoms with E-state index in [2.05, 4.69) is 5.10 Å². The standard InChI is InChI=1S/C21H17ClN4O4/c22-15-6-4-13(5-7-15)14-10-16(11-14)26-21(29)30-18(23-26)12-24-8-9-25-17(20(24)28)2-1-3-19(25)27/h1-9,14,16H,10-12H2/t14-,16-. The molecule has 1 aromatic carbocycles. The smallest absolute Gasteiger partial charge is 0.390 e. The maximum absolute atomic E-state index is 12.6. The first-order valence-corrected chi connectivity index (χ1v) is 9.92. The molecule has 9 heteroatoms. The first-order valence-electron chi connectivity index (χ1n) is 9.54. The fourth-order valence-corrected chi connectivity index (χ4v) is 4.01. The van der Waals surface area contributed by atoms with Crippen LogP contribution in [-0.2, 0) is 6.54 Å². The Balaban J connectivity index is 1.36. The number of halogens is 1. The topological polar surface area (TPSA) is 91.5 Å². The molecule has 1 saturated carbocycles. The summed E-state index contributed by atoms with van der Waals surface area (Å²) in [6, 6.07) is 12.2. The Bertz CT molecular complexity index is 1410. The van der Waals surface area contributed by atoms with E-state index in [0.717, 1.165) is 12.8 Å². The van der Waals surface area contributed by atoms with Crippen molar-refractivity contribution < 1.29 is 4.42 Å². The average Bonchev–Trinajstić information content (AvgIpc) is 3.05. The zero-order chi connectivity index (χ0) is 20.8. The van der Waals surface area contributed by atoms with Crippen LogP contribution in [0.1, 0.15) is 36.3 Å². The van der Waals surface area contributed by atoms with Crippen LogP contribution in [0.4, 0.5) is 0 Å². The van der Waals surface area contributed by atoms with Gasteiger partial charge in [-0.05, 0) is 42.5 Å². The highest BCUT2D eigenvalue weighted by molar-refractivity contribution is 6.30. The lowest BCUT2D eigenvalue weighted by Gasteiger charge is -2.34. The van der Waals surface area contributed by atoms with Crippen molar-refractivity contribution in [1.29, 1.82) is 0 Å². The Morgan fingerprint density at radius 1 is 1.03 bits per heavy atom. The Morgan fingerprint density at radius 2 is 1.80 bits per heavy atom. The van der Waals surface area contributed by atoms with Gasteiger partial charge in [0.05, 0.1) is 6.04 Å². The third-order valence-corrected chi connectivity index (χ3v) is 5.84. The first-order chi connectivity index (χ1) is 14.5. The minimum atomic E-state index is -0.533. The molecule has 0 unspecified atom stereocenters. The van der Waals surface area contributed by atoms with Crippen LogP contribution >= 0.6 is 11.6 Å². The molecule has 0 amide bonds. The highest BCUT2D eigenvalue weighted by Gasteiger charge is 2.34. The van der Waals surface area contributed by atoms with E-state index in [0.29, 0.717) is 10.9 Å². The molecule has 0 saturated heterocycles. The summed E-state index contributed by atoms with van der Waals surface area (Å²) in [5.74, 6) is -0.0324. The van der Waals surface area contributed by atoms with Crippen LogP contribution in [0.25, 0.3) is 5.52 Å². The van der Waals surface area contributed by atoms with Crippen LogP contribution in [0, 0.1) is 0 Å². The second kappa shape index (κ2) is 7.14. The Labute approximate surface area is 174 Å². The van der Waals surface area contributed by atoms with Gasteiger partial charge in [-0.2, -0.15) is 4.68 Å². The van der Waals surface area contributed by atoms with Crippen LogP contribution < -0.4 is 16.9 Å². The molecule has 0 radical (unpaired) electrons. The van der Waals surface area contributed by atoms with Crippen molar-refractivity contribution in [1.82, 2.24) is 18.7 Å². The van der Waals surface area contributed by atoms with Crippen LogP contribution in [-0.4, -0.2) is 18.7 Å². The molecule has 1 aliphatic carbocycles. The quantitative estimate of drug-likeness (QED) is 0.501. The minimum absolute atomic E-state index is 0.00793.